The van der Waals surface area contributed by atoms with E-state index in [9.17, 15) is 27.6 Å². The number of benzene rings is 1. The van der Waals surface area contributed by atoms with Gasteiger partial charge in [-0.05, 0) is 37.6 Å². The smallest absolute Gasteiger partial charge is 0.416 e. The van der Waals surface area contributed by atoms with Crippen molar-refractivity contribution < 1.29 is 36.7 Å². The molecule has 0 aliphatic carbocycles. The van der Waals surface area contributed by atoms with E-state index in [1.165, 1.54) is 29.4 Å². The number of hydrogen-bond donors (Lipinski definition) is 1. The number of hydrogen-bond acceptors (Lipinski definition) is 6. The van der Waals surface area contributed by atoms with Crippen LogP contribution in [-0.2, 0) is 15.7 Å². The fourth-order valence-electron chi connectivity index (χ4n) is 4.77. The predicted octanol–water partition coefficient (Wildman–Crippen LogP) is 3.66. The number of esters is 1. The maximum absolute atomic E-state index is 13.9. The molecule has 1 saturated heterocycles. The minimum absolute atomic E-state index is 0.0108. The van der Waals surface area contributed by atoms with E-state index in [0.29, 0.717) is 26.2 Å². The fraction of sp³-hybridized carbons (Fsp3) is 0.423. The number of halogens is 3. The molecule has 1 aromatic heterocycles. The third-order valence-electron chi connectivity index (χ3n) is 6.59. The Morgan fingerprint density at radius 3 is 2.39 bits per heavy atom. The number of alkyl halides is 3. The van der Waals surface area contributed by atoms with Crippen LogP contribution < -0.4 is 5.32 Å². The summed E-state index contributed by atoms with van der Waals surface area (Å²) in [7, 11) is 0. The summed E-state index contributed by atoms with van der Waals surface area (Å²) < 4.78 is 52.1. The number of piperazine rings is 1. The molecular formula is C26H29F3N4O5. The van der Waals surface area contributed by atoms with E-state index < -0.39 is 29.8 Å². The fourth-order valence-corrected chi connectivity index (χ4v) is 4.77. The van der Waals surface area contributed by atoms with Crippen molar-refractivity contribution in [3.05, 3.63) is 70.8 Å². The van der Waals surface area contributed by atoms with Crippen LogP contribution in [-0.4, -0.2) is 78.5 Å². The number of carbonyl (C=O) groups excluding carboxylic acids is 3. The lowest BCUT2D eigenvalue weighted by atomic mass is 9.90. The first-order valence-electron chi connectivity index (χ1n) is 12.3. The van der Waals surface area contributed by atoms with Gasteiger partial charge in [-0.2, -0.15) is 13.2 Å². The van der Waals surface area contributed by atoms with Gasteiger partial charge in [0.15, 0.2) is 5.76 Å². The molecule has 4 rings (SSSR count). The lowest BCUT2D eigenvalue weighted by molar-refractivity contribution is -0.141. The Labute approximate surface area is 217 Å². The lowest BCUT2D eigenvalue weighted by Crippen LogP contribution is -2.54. The normalized spacial score (nSPS) is 19.0. The second-order valence-corrected chi connectivity index (χ2v) is 8.84. The van der Waals surface area contributed by atoms with E-state index >= 15 is 0 Å². The quantitative estimate of drug-likeness (QED) is 0.545. The van der Waals surface area contributed by atoms with Crippen molar-refractivity contribution in [2.24, 2.45) is 0 Å². The molecule has 38 heavy (non-hydrogen) atoms. The van der Waals surface area contributed by atoms with Crippen molar-refractivity contribution in [2.45, 2.75) is 26.1 Å². The van der Waals surface area contributed by atoms with E-state index in [-0.39, 0.29) is 48.2 Å². The molecule has 0 spiro atoms. The molecule has 1 atom stereocenters. The first-order chi connectivity index (χ1) is 18.2. The van der Waals surface area contributed by atoms with Crippen molar-refractivity contribution in [3.8, 4) is 0 Å². The van der Waals surface area contributed by atoms with Crippen LogP contribution in [0.3, 0.4) is 0 Å². The number of amides is 3. The zero-order valence-electron chi connectivity index (χ0n) is 21.1. The largest absolute Gasteiger partial charge is 0.463 e. The van der Waals surface area contributed by atoms with Gasteiger partial charge in [-0.3, -0.25) is 14.6 Å². The molecule has 1 aromatic carbocycles. The van der Waals surface area contributed by atoms with Crippen LogP contribution in [0.15, 0.2) is 58.3 Å². The molecular weight excluding hydrogens is 505 g/mol. The molecule has 0 bridgehead atoms. The average Bonchev–Trinajstić information content (AvgIpc) is 3.43. The number of carbonyl (C=O) groups is 3. The molecule has 204 valence electrons. The molecule has 0 unspecified atom stereocenters. The number of nitrogens with zero attached hydrogens (tertiary/aromatic N) is 3. The second-order valence-electron chi connectivity index (χ2n) is 8.84. The molecule has 2 aromatic rings. The lowest BCUT2D eigenvalue weighted by Gasteiger charge is -2.40. The van der Waals surface area contributed by atoms with Gasteiger partial charge in [-0.25, -0.2) is 9.59 Å². The summed E-state index contributed by atoms with van der Waals surface area (Å²) in [6, 6.07) is 6.13. The topological polar surface area (TPSA) is 95.3 Å². The zero-order valence-corrected chi connectivity index (χ0v) is 21.1. The van der Waals surface area contributed by atoms with Gasteiger partial charge in [-0.1, -0.05) is 18.2 Å². The van der Waals surface area contributed by atoms with Crippen molar-refractivity contribution in [3.63, 3.8) is 0 Å². The molecule has 0 saturated carbocycles. The first-order valence-corrected chi connectivity index (χ1v) is 12.3. The maximum Gasteiger partial charge on any atom is 0.416 e. The summed E-state index contributed by atoms with van der Waals surface area (Å²) >= 11 is 0. The number of ether oxygens (including phenoxy) is 1. The van der Waals surface area contributed by atoms with E-state index in [0.717, 1.165) is 6.07 Å². The summed E-state index contributed by atoms with van der Waals surface area (Å²) in [5, 5.41) is 2.59. The van der Waals surface area contributed by atoms with Gasteiger partial charge in [0.05, 0.1) is 30.0 Å². The van der Waals surface area contributed by atoms with Crippen LogP contribution in [0.5, 0.6) is 0 Å². The molecule has 2 aliphatic rings. The second kappa shape index (κ2) is 11.3. The standard InChI is InChI=1S/C26H29F3N4O5/c1-3-33-19(16-31-11-13-32(14-12-31)23(34)20-10-7-15-38-20)21(24(35)37-4-2)22(30-25(33)36)17-8-5-6-9-18(17)26(27,28)29/h5-10,15,22H,3-4,11-14,16H2,1-2H3,(H,30,36)/t22-/m0/s1. The third-order valence-corrected chi connectivity index (χ3v) is 6.59. The summed E-state index contributed by atoms with van der Waals surface area (Å²) in [6.45, 7) is 5.23. The Morgan fingerprint density at radius 2 is 1.79 bits per heavy atom. The summed E-state index contributed by atoms with van der Waals surface area (Å²) in [5.74, 6) is -0.801. The van der Waals surface area contributed by atoms with Gasteiger partial charge in [0.1, 0.15) is 0 Å². The highest BCUT2D eigenvalue weighted by atomic mass is 19.4. The number of nitrogens with one attached hydrogen (secondary N) is 1. The molecule has 1 fully saturated rings. The monoisotopic (exact) mass is 534 g/mol. The highest BCUT2D eigenvalue weighted by Gasteiger charge is 2.43. The predicted molar refractivity (Wildman–Crippen MR) is 130 cm³/mol. The summed E-state index contributed by atoms with van der Waals surface area (Å²) in [6.07, 6.45) is -3.27. The van der Waals surface area contributed by atoms with Gasteiger partial charge in [0.25, 0.3) is 5.91 Å². The Kier molecular flexibility index (Phi) is 8.10. The average molecular weight is 535 g/mol. The minimum Gasteiger partial charge on any atom is -0.463 e. The van der Waals surface area contributed by atoms with Gasteiger partial charge < -0.3 is 19.4 Å². The molecule has 3 amide bonds. The van der Waals surface area contributed by atoms with Crippen molar-refractivity contribution in [2.75, 3.05) is 45.9 Å². The minimum atomic E-state index is -4.69. The number of rotatable bonds is 7. The Bertz CT molecular complexity index is 1200. The van der Waals surface area contributed by atoms with E-state index in [1.807, 2.05) is 4.90 Å². The van der Waals surface area contributed by atoms with Gasteiger partial charge >= 0.3 is 18.2 Å². The molecule has 1 N–H and O–H groups in total. The van der Waals surface area contributed by atoms with Gasteiger partial charge in [0.2, 0.25) is 0 Å². The zero-order chi connectivity index (χ0) is 27.4. The van der Waals surface area contributed by atoms with Crippen LogP contribution in [0.2, 0.25) is 0 Å². The van der Waals surface area contributed by atoms with Crippen LogP contribution >= 0.6 is 0 Å². The maximum atomic E-state index is 13.9. The Hall–Kier alpha value is -3.80. The summed E-state index contributed by atoms with van der Waals surface area (Å²) in [4.78, 5) is 43.9. The van der Waals surface area contributed by atoms with Crippen LogP contribution in [0.1, 0.15) is 41.6 Å². The molecule has 3 heterocycles. The first kappa shape index (κ1) is 27.2. The Morgan fingerprint density at radius 1 is 1.08 bits per heavy atom. The number of urea groups is 1. The van der Waals surface area contributed by atoms with E-state index in [2.05, 4.69) is 5.32 Å². The molecule has 9 nitrogen and oxygen atoms in total. The third kappa shape index (κ3) is 5.54. The van der Waals surface area contributed by atoms with E-state index in [1.54, 1.807) is 30.9 Å². The van der Waals surface area contributed by atoms with E-state index in [4.69, 9.17) is 9.15 Å². The highest BCUT2D eigenvalue weighted by molar-refractivity contribution is 5.95. The van der Waals surface area contributed by atoms with Crippen molar-refractivity contribution in [1.29, 1.82) is 0 Å². The van der Waals surface area contributed by atoms with Gasteiger partial charge in [0, 0.05) is 45.0 Å². The SMILES string of the molecule is CCOC(=O)C1=C(CN2CCN(C(=O)c3ccco3)CC2)N(CC)C(=O)N[C@H]1c1ccccc1C(F)(F)F. The molecule has 12 heteroatoms. The van der Waals surface area contributed by atoms with Crippen molar-refractivity contribution >= 4 is 17.9 Å². The molecule has 0 radical (unpaired) electrons. The van der Waals surface area contributed by atoms with Crippen LogP contribution in [0, 0.1) is 0 Å². The Balaban J connectivity index is 1.68. The summed E-state index contributed by atoms with van der Waals surface area (Å²) in [5.41, 5.74) is -0.943. The number of furan rings is 1. The van der Waals surface area contributed by atoms with Gasteiger partial charge in [-0.15, -0.1) is 0 Å². The van der Waals surface area contributed by atoms with Crippen molar-refractivity contribution in [1.82, 2.24) is 20.0 Å². The van der Waals surface area contributed by atoms with Crippen LogP contribution in [0.25, 0.3) is 0 Å². The highest BCUT2D eigenvalue weighted by Crippen LogP contribution is 2.39. The van der Waals surface area contributed by atoms with Crippen LogP contribution in [0.4, 0.5) is 18.0 Å². The molecule has 2 aliphatic heterocycles. The number of likely N-dealkylation sites (N-methyl/N-ethyl adjacent to an activating group) is 1.